The van der Waals surface area contributed by atoms with E-state index >= 15 is 0 Å². The number of hydrogen-bond donors (Lipinski definition) is 0. The predicted molar refractivity (Wildman–Crippen MR) is 139 cm³/mol. The zero-order chi connectivity index (χ0) is 25.4. The van der Waals surface area contributed by atoms with Crippen molar-refractivity contribution in [2.45, 2.75) is 6.42 Å². The van der Waals surface area contributed by atoms with Gasteiger partial charge in [-0.1, -0.05) is 0 Å². The van der Waals surface area contributed by atoms with Gasteiger partial charge in [-0.05, 0) is 62.8 Å². The van der Waals surface area contributed by atoms with Gasteiger partial charge in [0.2, 0.25) is 5.91 Å². The van der Waals surface area contributed by atoms with Gasteiger partial charge in [0.15, 0.2) is 11.6 Å². The lowest BCUT2D eigenvalue weighted by atomic mass is 9.88. The summed E-state index contributed by atoms with van der Waals surface area (Å²) in [6, 6.07) is 13.0. The number of methoxy groups -OCH3 is 1. The molecule has 2 aliphatic heterocycles. The van der Waals surface area contributed by atoms with Gasteiger partial charge in [-0.2, -0.15) is 0 Å². The van der Waals surface area contributed by atoms with Gasteiger partial charge in [-0.3, -0.25) is 4.79 Å². The standard InChI is InChI=1S/C28H33FN4O3/c1-31(2)11-12-36-20-7-5-18(6-8-20)24-14-26(21-13-23(29)27(35-4)15-25(21)30-24)33-16-19-9-10-32(3)28(34)22(19)17-33/h5-8,13-15,19,22H,9-12,16-17H2,1-4H3. The summed E-state index contributed by atoms with van der Waals surface area (Å²) in [5.74, 6) is 1.02. The SMILES string of the molecule is COc1cc2nc(-c3ccc(OCCN(C)C)cc3)cc(N3CC4CCN(C)C(=O)C4C3)c2cc1F. The Morgan fingerprint density at radius 2 is 1.92 bits per heavy atom. The number of nitrogens with zero attached hydrogens (tertiary/aromatic N) is 4. The zero-order valence-electron chi connectivity index (χ0n) is 21.3. The van der Waals surface area contributed by atoms with Crippen molar-refractivity contribution in [1.29, 1.82) is 0 Å². The molecule has 2 fully saturated rings. The Kier molecular flexibility index (Phi) is 6.71. The molecule has 1 aromatic heterocycles. The van der Waals surface area contributed by atoms with Crippen molar-refractivity contribution in [3.05, 3.63) is 48.3 Å². The third-order valence-electron chi connectivity index (χ3n) is 7.33. The Bertz CT molecular complexity index is 1260. The molecule has 2 aromatic carbocycles. The molecular weight excluding hydrogens is 459 g/mol. The first-order valence-electron chi connectivity index (χ1n) is 12.4. The van der Waals surface area contributed by atoms with Gasteiger partial charge in [0.1, 0.15) is 12.4 Å². The van der Waals surface area contributed by atoms with Crippen molar-refractivity contribution in [2.24, 2.45) is 11.8 Å². The Balaban J connectivity index is 1.51. The largest absolute Gasteiger partial charge is 0.494 e. The van der Waals surface area contributed by atoms with Crippen molar-refractivity contribution in [3.8, 4) is 22.8 Å². The van der Waals surface area contributed by atoms with Crippen molar-refractivity contribution >= 4 is 22.5 Å². The summed E-state index contributed by atoms with van der Waals surface area (Å²) < 4.78 is 25.8. The number of fused-ring (bicyclic) bond motifs is 2. The predicted octanol–water partition coefficient (Wildman–Crippen LogP) is 3.90. The number of carbonyl (C=O) groups excluding carboxylic acids is 1. The van der Waals surface area contributed by atoms with E-state index in [4.69, 9.17) is 14.5 Å². The summed E-state index contributed by atoms with van der Waals surface area (Å²) in [5.41, 5.74) is 3.27. The van der Waals surface area contributed by atoms with Crippen LogP contribution >= 0.6 is 0 Å². The second-order valence-electron chi connectivity index (χ2n) is 10.0. The highest BCUT2D eigenvalue weighted by molar-refractivity contribution is 5.96. The lowest BCUT2D eigenvalue weighted by molar-refractivity contribution is -0.137. The van der Waals surface area contributed by atoms with E-state index in [1.165, 1.54) is 13.2 Å². The quantitative estimate of drug-likeness (QED) is 0.499. The fourth-order valence-electron chi connectivity index (χ4n) is 5.24. The van der Waals surface area contributed by atoms with Crippen LogP contribution in [0, 0.1) is 17.7 Å². The first kappa shape index (κ1) is 24.3. The minimum absolute atomic E-state index is 0.0305. The fraction of sp³-hybridized carbons (Fsp3) is 0.429. The number of ether oxygens (including phenoxy) is 2. The molecule has 190 valence electrons. The first-order chi connectivity index (χ1) is 17.3. The van der Waals surface area contributed by atoms with Crippen molar-refractivity contribution in [1.82, 2.24) is 14.8 Å². The molecule has 3 heterocycles. The van der Waals surface area contributed by atoms with Crippen LogP contribution in [0.3, 0.4) is 0 Å². The Labute approximate surface area is 211 Å². The number of halogens is 1. The molecule has 8 heteroatoms. The number of benzene rings is 2. The number of pyridine rings is 1. The molecule has 0 saturated carbocycles. The molecule has 2 saturated heterocycles. The van der Waals surface area contributed by atoms with E-state index in [0.29, 0.717) is 24.6 Å². The van der Waals surface area contributed by atoms with E-state index in [2.05, 4.69) is 9.80 Å². The number of anilines is 1. The Morgan fingerprint density at radius 1 is 1.14 bits per heavy atom. The molecule has 36 heavy (non-hydrogen) atoms. The maximum absolute atomic E-state index is 14.8. The highest BCUT2D eigenvalue weighted by atomic mass is 19.1. The average Bonchev–Trinajstić information content (AvgIpc) is 3.30. The summed E-state index contributed by atoms with van der Waals surface area (Å²) in [4.78, 5) is 23.8. The zero-order valence-corrected chi connectivity index (χ0v) is 21.3. The number of carbonyl (C=O) groups is 1. The van der Waals surface area contributed by atoms with Crippen LogP contribution in [0.25, 0.3) is 22.2 Å². The highest BCUT2D eigenvalue weighted by Gasteiger charge is 2.42. The first-order valence-corrected chi connectivity index (χ1v) is 12.4. The molecule has 7 nitrogen and oxygen atoms in total. The number of likely N-dealkylation sites (N-methyl/N-ethyl adjacent to an activating group) is 1. The monoisotopic (exact) mass is 492 g/mol. The minimum Gasteiger partial charge on any atom is -0.494 e. The normalized spacial score (nSPS) is 19.8. The maximum atomic E-state index is 14.8. The summed E-state index contributed by atoms with van der Waals surface area (Å²) in [6.45, 7) is 3.63. The smallest absolute Gasteiger partial charge is 0.227 e. The lowest BCUT2D eigenvalue weighted by Gasteiger charge is -2.30. The van der Waals surface area contributed by atoms with Crippen LogP contribution in [0.2, 0.25) is 0 Å². The number of rotatable bonds is 7. The summed E-state index contributed by atoms with van der Waals surface area (Å²) >= 11 is 0. The molecule has 0 aliphatic carbocycles. The van der Waals surface area contributed by atoms with Gasteiger partial charge in [0, 0.05) is 55.9 Å². The fourth-order valence-corrected chi connectivity index (χ4v) is 5.24. The summed E-state index contributed by atoms with van der Waals surface area (Å²) in [5, 5.41) is 0.722. The van der Waals surface area contributed by atoms with Gasteiger partial charge in [-0.15, -0.1) is 0 Å². The van der Waals surface area contributed by atoms with E-state index in [-0.39, 0.29) is 17.6 Å². The van der Waals surface area contributed by atoms with Crippen LogP contribution in [0.15, 0.2) is 42.5 Å². The van der Waals surface area contributed by atoms with E-state index in [9.17, 15) is 9.18 Å². The van der Waals surface area contributed by atoms with Crippen LogP contribution in [-0.2, 0) is 4.79 Å². The van der Waals surface area contributed by atoms with Gasteiger partial charge < -0.3 is 24.2 Å². The van der Waals surface area contributed by atoms with Crippen LogP contribution in [0.4, 0.5) is 10.1 Å². The van der Waals surface area contributed by atoms with Gasteiger partial charge >= 0.3 is 0 Å². The molecule has 2 aliphatic rings. The van der Waals surface area contributed by atoms with Crippen LogP contribution in [0.5, 0.6) is 11.5 Å². The molecule has 0 radical (unpaired) electrons. The Hall–Kier alpha value is -3.39. The summed E-state index contributed by atoms with van der Waals surface area (Å²) in [6.07, 6.45) is 0.983. The van der Waals surface area contributed by atoms with E-state index in [1.807, 2.05) is 56.4 Å². The highest BCUT2D eigenvalue weighted by Crippen LogP contribution is 2.40. The molecule has 2 atom stereocenters. The topological polar surface area (TPSA) is 58.1 Å². The molecule has 0 spiro atoms. The van der Waals surface area contributed by atoms with E-state index < -0.39 is 5.82 Å². The van der Waals surface area contributed by atoms with Gasteiger partial charge in [0.05, 0.1) is 24.2 Å². The van der Waals surface area contributed by atoms with Crippen LogP contribution < -0.4 is 14.4 Å². The maximum Gasteiger partial charge on any atom is 0.227 e. The number of hydrogen-bond acceptors (Lipinski definition) is 6. The van der Waals surface area contributed by atoms with Crippen LogP contribution in [0.1, 0.15) is 6.42 Å². The molecule has 0 bridgehead atoms. The minimum atomic E-state index is -0.424. The molecule has 2 unspecified atom stereocenters. The second kappa shape index (κ2) is 9.93. The number of likely N-dealkylation sites (tertiary alicyclic amines) is 1. The Morgan fingerprint density at radius 3 is 2.64 bits per heavy atom. The number of aromatic nitrogens is 1. The number of piperidine rings is 1. The van der Waals surface area contributed by atoms with E-state index in [1.54, 1.807) is 6.07 Å². The lowest BCUT2D eigenvalue weighted by Crippen LogP contribution is -2.42. The average molecular weight is 493 g/mol. The molecule has 1 amide bonds. The van der Waals surface area contributed by atoms with Gasteiger partial charge in [0.25, 0.3) is 0 Å². The molecular formula is C28H33FN4O3. The molecule has 5 rings (SSSR count). The van der Waals surface area contributed by atoms with Crippen LogP contribution in [-0.4, -0.2) is 81.7 Å². The third kappa shape index (κ3) is 4.69. The third-order valence-corrected chi connectivity index (χ3v) is 7.33. The van der Waals surface area contributed by atoms with Crippen molar-refractivity contribution in [3.63, 3.8) is 0 Å². The molecule has 0 N–H and O–H groups in total. The molecule has 3 aromatic rings. The number of amides is 1. The second-order valence-corrected chi connectivity index (χ2v) is 10.0. The van der Waals surface area contributed by atoms with E-state index in [0.717, 1.165) is 54.1 Å². The van der Waals surface area contributed by atoms with Gasteiger partial charge in [-0.25, -0.2) is 9.37 Å². The van der Waals surface area contributed by atoms with Crippen molar-refractivity contribution in [2.75, 3.05) is 65.9 Å². The van der Waals surface area contributed by atoms with Crippen molar-refractivity contribution < 1.29 is 18.7 Å². The summed E-state index contributed by atoms with van der Waals surface area (Å²) in [7, 11) is 7.35.